The lowest BCUT2D eigenvalue weighted by atomic mass is 10.0. The number of aromatic amines is 1. The summed E-state index contributed by atoms with van der Waals surface area (Å²) in [4.78, 5) is 22.9. The molecule has 0 radical (unpaired) electrons. The second-order valence-electron chi connectivity index (χ2n) is 9.12. The highest BCUT2D eigenvalue weighted by Gasteiger charge is 2.28. The molecule has 0 spiro atoms. The minimum atomic E-state index is -4.10. The quantitative estimate of drug-likeness (QED) is 0.188. The number of unbranched alkanes of at least 4 members (excludes halogenated alkanes) is 13. The zero-order valence-corrected chi connectivity index (χ0v) is 21.2. The number of nitrogens with two attached hydrogens (primary N) is 1. The number of sulfonamides is 1. The zero-order valence-electron chi connectivity index (χ0n) is 20.4. The van der Waals surface area contributed by atoms with E-state index in [0.717, 1.165) is 37.9 Å². The molecule has 0 amide bonds. The van der Waals surface area contributed by atoms with E-state index < -0.39 is 21.2 Å². The highest BCUT2D eigenvalue weighted by Crippen LogP contribution is 2.15. The SMILES string of the molecule is NS(=O)(=O)C(CCCCC(=O)CCCCCCCCCCCCCCCc1nn[nH]n1)C(=O)O. The van der Waals surface area contributed by atoms with E-state index in [9.17, 15) is 18.0 Å². The Kier molecular flexibility index (Phi) is 16.4. The first kappa shape index (κ1) is 30.2. The van der Waals surface area contributed by atoms with Gasteiger partial charge in [-0.15, -0.1) is 10.2 Å². The Morgan fingerprint density at radius 3 is 1.71 bits per heavy atom. The van der Waals surface area contributed by atoms with Crippen molar-refractivity contribution >= 4 is 21.8 Å². The fourth-order valence-electron chi connectivity index (χ4n) is 4.04. The number of carboxylic acid groups (broad SMARTS) is 1. The topological polar surface area (TPSA) is 169 Å². The number of rotatable bonds is 23. The molecule has 10 nitrogen and oxygen atoms in total. The molecular formula is C23H43N5O5S. The van der Waals surface area contributed by atoms with E-state index in [-0.39, 0.29) is 12.2 Å². The van der Waals surface area contributed by atoms with Crippen molar-refractivity contribution in [2.75, 3.05) is 0 Å². The van der Waals surface area contributed by atoms with Crippen LogP contribution in [0, 0.1) is 0 Å². The van der Waals surface area contributed by atoms with Crippen LogP contribution in [0.15, 0.2) is 0 Å². The van der Waals surface area contributed by atoms with Gasteiger partial charge in [-0.05, 0) is 25.7 Å². The summed E-state index contributed by atoms with van der Waals surface area (Å²) in [6.45, 7) is 0. The van der Waals surface area contributed by atoms with Crippen molar-refractivity contribution in [1.82, 2.24) is 20.6 Å². The molecule has 0 fully saturated rings. The fourth-order valence-corrected chi connectivity index (χ4v) is 4.82. The zero-order chi connectivity index (χ0) is 25.1. The Morgan fingerprint density at radius 2 is 1.26 bits per heavy atom. The predicted molar refractivity (Wildman–Crippen MR) is 131 cm³/mol. The molecule has 1 aromatic rings. The molecule has 1 rings (SSSR count). The van der Waals surface area contributed by atoms with E-state index in [1.165, 1.54) is 57.8 Å². The van der Waals surface area contributed by atoms with Crippen molar-refractivity contribution < 1.29 is 23.1 Å². The monoisotopic (exact) mass is 501 g/mol. The maximum atomic E-state index is 11.9. The molecule has 0 aliphatic rings. The van der Waals surface area contributed by atoms with Crippen molar-refractivity contribution in [3.05, 3.63) is 5.82 Å². The van der Waals surface area contributed by atoms with Crippen LogP contribution in [0.1, 0.15) is 121 Å². The molecule has 0 aliphatic heterocycles. The van der Waals surface area contributed by atoms with Gasteiger partial charge >= 0.3 is 5.97 Å². The third-order valence-corrected chi connectivity index (χ3v) is 7.32. The van der Waals surface area contributed by atoms with E-state index in [1.54, 1.807) is 0 Å². The molecule has 1 heterocycles. The van der Waals surface area contributed by atoms with Crippen LogP contribution in [0.4, 0.5) is 0 Å². The van der Waals surface area contributed by atoms with E-state index >= 15 is 0 Å². The molecule has 1 unspecified atom stereocenters. The summed E-state index contributed by atoms with van der Waals surface area (Å²) < 4.78 is 22.4. The summed E-state index contributed by atoms with van der Waals surface area (Å²) >= 11 is 0. The van der Waals surface area contributed by atoms with E-state index in [1.807, 2.05) is 0 Å². The molecule has 1 aromatic heterocycles. The van der Waals surface area contributed by atoms with Crippen molar-refractivity contribution in [3.8, 4) is 0 Å². The second-order valence-corrected chi connectivity index (χ2v) is 10.9. The largest absolute Gasteiger partial charge is 0.480 e. The number of carbonyl (C=O) groups is 2. The summed E-state index contributed by atoms with van der Waals surface area (Å²) in [5.74, 6) is -0.463. The summed E-state index contributed by atoms with van der Waals surface area (Å²) in [6, 6.07) is 0. The normalized spacial score (nSPS) is 12.6. The first-order chi connectivity index (χ1) is 16.3. The van der Waals surface area contributed by atoms with Crippen LogP contribution in [0.2, 0.25) is 0 Å². The third-order valence-electron chi connectivity index (χ3n) is 6.09. The Hall–Kier alpha value is -1.88. The summed E-state index contributed by atoms with van der Waals surface area (Å²) in [7, 11) is -4.10. The minimum absolute atomic E-state index is 0.0515. The number of Topliss-reactive ketones (excluding diaryl/α,β-unsaturated/α-hetero) is 1. The van der Waals surface area contributed by atoms with Gasteiger partial charge in [-0.3, -0.25) is 9.59 Å². The van der Waals surface area contributed by atoms with Crippen LogP contribution >= 0.6 is 0 Å². The van der Waals surface area contributed by atoms with Crippen LogP contribution in [-0.4, -0.2) is 51.2 Å². The minimum Gasteiger partial charge on any atom is -0.480 e. The van der Waals surface area contributed by atoms with E-state index in [2.05, 4.69) is 20.6 Å². The molecule has 4 N–H and O–H groups in total. The maximum Gasteiger partial charge on any atom is 0.323 e. The van der Waals surface area contributed by atoms with Crippen LogP contribution < -0.4 is 5.14 Å². The molecule has 11 heteroatoms. The van der Waals surface area contributed by atoms with E-state index in [4.69, 9.17) is 10.2 Å². The fraction of sp³-hybridized carbons (Fsp3) is 0.870. The number of carbonyl (C=O) groups excluding carboxylic acids is 1. The Morgan fingerprint density at radius 1 is 0.794 bits per heavy atom. The van der Waals surface area contributed by atoms with Gasteiger partial charge in [0.15, 0.2) is 11.1 Å². The lowest BCUT2D eigenvalue weighted by Crippen LogP contribution is -2.35. The van der Waals surface area contributed by atoms with Gasteiger partial charge in [0.1, 0.15) is 5.78 Å². The average Bonchev–Trinajstić information content (AvgIpc) is 3.28. The number of hydrogen-bond acceptors (Lipinski definition) is 7. The standard InChI is InChI=1S/C23H43N5O5S/c24-34(32,33)21(23(30)31)18-15-14-17-20(29)16-12-10-8-6-4-2-1-3-5-7-9-11-13-19-22-25-27-28-26-22/h21H,1-19H2,(H,30,31)(H2,24,32,33)(H,25,26,27,28). The molecule has 0 saturated carbocycles. The number of tetrazole rings is 1. The number of nitrogens with one attached hydrogen (secondary N) is 1. The van der Waals surface area contributed by atoms with Gasteiger partial charge in [0.25, 0.3) is 0 Å². The molecule has 34 heavy (non-hydrogen) atoms. The molecule has 0 aliphatic carbocycles. The summed E-state index contributed by atoms with van der Waals surface area (Å²) in [6.07, 6.45) is 18.3. The number of primary sulfonamides is 1. The Labute approximate surface area is 203 Å². The molecule has 196 valence electrons. The lowest BCUT2D eigenvalue weighted by molar-refractivity contribution is -0.136. The highest BCUT2D eigenvalue weighted by molar-refractivity contribution is 7.90. The van der Waals surface area contributed by atoms with Crippen molar-refractivity contribution in [3.63, 3.8) is 0 Å². The first-order valence-electron chi connectivity index (χ1n) is 12.8. The third kappa shape index (κ3) is 15.9. The number of H-pyrrole nitrogens is 1. The average molecular weight is 502 g/mol. The second kappa shape index (κ2) is 18.4. The van der Waals surface area contributed by atoms with Gasteiger partial charge < -0.3 is 5.11 Å². The Balaban J connectivity index is 1.82. The number of nitrogens with zero attached hydrogens (tertiary/aromatic N) is 3. The number of aryl methyl sites for hydroxylation is 1. The van der Waals surface area contributed by atoms with Gasteiger partial charge in [-0.1, -0.05) is 82.3 Å². The van der Waals surface area contributed by atoms with Crippen LogP contribution in [-0.2, 0) is 26.0 Å². The van der Waals surface area contributed by atoms with Gasteiger partial charge in [0.2, 0.25) is 10.0 Å². The molecule has 0 bridgehead atoms. The van der Waals surface area contributed by atoms with Gasteiger partial charge in [0.05, 0.1) is 0 Å². The maximum absolute atomic E-state index is 11.9. The number of hydrogen-bond donors (Lipinski definition) is 3. The van der Waals surface area contributed by atoms with Gasteiger partial charge in [-0.25, -0.2) is 13.6 Å². The highest BCUT2D eigenvalue weighted by atomic mass is 32.2. The molecule has 0 aromatic carbocycles. The van der Waals surface area contributed by atoms with Crippen LogP contribution in [0.25, 0.3) is 0 Å². The Bertz CT molecular complexity index is 771. The number of carboxylic acids is 1. The predicted octanol–water partition coefficient (Wildman–Crippen LogP) is 4.07. The molecule has 1 atom stereocenters. The van der Waals surface area contributed by atoms with Crippen LogP contribution in [0.3, 0.4) is 0 Å². The summed E-state index contributed by atoms with van der Waals surface area (Å²) in [5, 5.41) is 26.2. The van der Waals surface area contributed by atoms with Crippen molar-refractivity contribution in [1.29, 1.82) is 0 Å². The molecule has 0 saturated heterocycles. The smallest absolute Gasteiger partial charge is 0.323 e. The van der Waals surface area contributed by atoms with Crippen molar-refractivity contribution in [2.45, 2.75) is 127 Å². The number of aromatic nitrogens is 4. The van der Waals surface area contributed by atoms with Crippen LogP contribution in [0.5, 0.6) is 0 Å². The first-order valence-corrected chi connectivity index (χ1v) is 14.4. The summed E-state index contributed by atoms with van der Waals surface area (Å²) in [5.41, 5.74) is 0. The van der Waals surface area contributed by atoms with Crippen molar-refractivity contribution in [2.24, 2.45) is 5.14 Å². The van der Waals surface area contributed by atoms with Gasteiger partial charge in [-0.2, -0.15) is 5.21 Å². The van der Waals surface area contributed by atoms with Gasteiger partial charge in [0, 0.05) is 19.3 Å². The van der Waals surface area contributed by atoms with E-state index in [0.29, 0.717) is 25.7 Å². The lowest BCUT2D eigenvalue weighted by Gasteiger charge is -2.09. The number of ketones is 1. The molecular weight excluding hydrogens is 458 g/mol. The number of aliphatic carboxylic acids is 1.